The van der Waals surface area contributed by atoms with Gasteiger partial charge in [-0.1, -0.05) is 43.7 Å². The summed E-state index contributed by atoms with van der Waals surface area (Å²) < 4.78 is 16.6. The molecule has 1 fully saturated rings. The van der Waals surface area contributed by atoms with Crippen LogP contribution in [-0.4, -0.2) is 50.8 Å². The smallest absolute Gasteiger partial charge is 0.409 e. The summed E-state index contributed by atoms with van der Waals surface area (Å²) in [5, 5.41) is 5.51. The fourth-order valence-electron chi connectivity index (χ4n) is 4.41. The highest BCUT2D eigenvalue weighted by Gasteiger charge is 2.47. The number of carbonyl (C=O) groups is 2. The molecule has 0 unspecified atom stereocenters. The topological polar surface area (TPSA) is 77.1 Å². The summed E-state index contributed by atoms with van der Waals surface area (Å²) in [5.41, 5.74) is 2.10. The molecule has 0 aromatic heterocycles. The molecule has 1 saturated carbocycles. The molecule has 0 aliphatic heterocycles. The Labute approximate surface area is 218 Å². The van der Waals surface area contributed by atoms with Crippen LogP contribution < -0.4 is 14.8 Å². The van der Waals surface area contributed by atoms with Crippen LogP contribution in [0, 0.1) is 6.92 Å². The number of hydrogen-bond acceptors (Lipinski definition) is 5. The molecule has 4 rings (SSSR count). The van der Waals surface area contributed by atoms with Gasteiger partial charge in [-0.25, -0.2) is 4.79 Å². The van der Waals surface area contributed by atoms with E-state index in [1.807, 2.05) is 50.2 Å². The molecule has 2 amide bonds. The normalized spacial score (nSPS) is 13.6. The first kappa shape index (κ1) is 26.3. The van der Waals surface area contributed by atoms with Gasteiger partial charge in [-0.2, -0.15) is 0 Å². The summed E-state index contributed by atoms with van der Waals surface area (Å²) in [6.07, 6.45) is 3.19. The van der Waals surface area contributed by atoms with Crippen LogP contribution in [0.3, 0.4) is 0 Å². The van der Waals surface area contributed by atoms with Crippen molar-refractivity contribution >= 4 is 22.8 Å². The summed E-state index contributed by atoms with van der Waals surface area (Å²) in [5.74, 6) is 1.23. The van der Waals surface area contributed by atoms with Gasteiger partial charge in [0, 0.05) is 12.6 Å². The van der Waals surface area contributed by atoms with Crippen LogP contribution in [0.25, 0.3) is 10.8 Å². The Morgan fingerprint density at radius 1 is 1.03 bits per heavy atom. The molecule has 1 N–H and O–H groups in total. The van der Waals surface area contributed by atoms with Gasteiger partial charge < -0.3 is 24.4 Å². The Bertz CT molecular complexity index is 1270. The number of nitrogens with one attached hydrogen (secondary N) is 1. The average molecular weight is 505 g/mol. The quantitative estimate of drug-likeness (QED) is 0.333. The van der Waals surface area contributed by atoms with Crippen molar-refractivity contribution in [2.45, 2.75) is 45.1 Å². The number of rotatable bonds is 11. The summed E-state index contributed by atoms with van der Waals surface area (Å²) in [6.45, 7) is 5.06. The lowest BCUT2D eigenvalue weighted by Gasteiger charge is -2.22. The molecule has 0 heterocycles. The molecule has 0 saturated heterocycles. The van der Waals surface area contributed by atoms with E-state index in [1.54, 1.807) is 20.2 Å². The van der Waals surface area contributed by atoms with E-state index in [0.717, 1.165) is 53.3 Å². The number of fused-ring (bicyclic) bond motifs is 1. The molecule has 7 heteroatoms. The molecule has 0 atom stereocenters. The first-order chi connectivity index (χ1) is 17.9. The van der Waals surface area contributed by atoms with E-state index in [9.17, 15) is 9.59 Å². The van der Waals surface area contributed by atoms with Gasteiger partial charge in [-0.05, 0) is 72.4 Å². The van der Waals surface area contributed by atoms with E-state index >= 15 is 0 Å². The van der Waals surface area contributed by atoms with E-state index in [0.29, 0.717) is 31.1 Å². The summed E-state index contributed by atoms with van der Waals surface area (Å²) in [7, 11) is 3.34. The molecule has 3 aromatic carbocycles. The van der Waals surface area contributed by atoms with E-state index in [1.165, 1.54) is 4.90 Å². The number of methoxy groups -OCH3 is 1. The maximum absolute atomic E-state index is 13.5. The Morgan fingerprint density at radius 2 is 1.81 bits per heavy atom. The third-order valence-corrected chi connectivity index (χ3v) is 6.87. The molecule has 0 radical (unpaired) electrons. The summed E-state index contributed by atoms with van der Waals surface area (Å²) >= 11 is 0. The highest BCUT2D eigenvalue weighted by Crippen LogP contribution is 2.49. The zero-order valence-corrected chi connectivity index (χ0v) is 22.1. The summed E-state index contributed by atoms with van der Waals surface area (Å²) in [6, 6.07) is 17.7. The van der Waals surface area contributed by atoms with Crippen molar-refractivity contribution in [3.8, 4) is 11.5 Å². The minimum Gasteiger partial charge on any atom is -0.497 e. The third-order valence-electron chi connectivity index (χ3n) is 6.87. The van der Waals surface area contributed by atoms with Crippen molar-refractivity contribution in [3.63, 3.8) is 0 Å². The zero-order valence-electron chi connectivity index (χ0n) is 22.1. The number of nitrogens with zero attached hydrogens (tertiary/aromatic N) is 1. The number of amides is 2. The Morgan fingerprint density at radius 3 is 2.54 bits per heavy atom. The van der Waals surface area contributed by atoms with Crippen LogP contribution >= 0.6 is 0 Å². The second-order valence-electron chi connectivity index (χ2n) is 9.65. The molecule has 1 aliphatic carbocycles. The number of likely N-dealkylation sites (N-methyl/N-ethyl adjacent to an activating group) is 1. The van der Waals surface area contributed by atoms with Crippen LogP contribution in [0.5, 0.6) is 11.5 Å². The van der Waals surface area contributed by atoms with Crippen molar-refractivity contribution in [3.05, 3.63) is 71.3 Å². The van der Waals surface area contributed by atoms with Crippen molar-refractivity contribution in [2.75, 3.05) is 33.9 Å². The number of aryl methyl sites for hydroxylation is 1. The SMILES string of the molecule is CCCCOC(=O)N(C)CCOc1ccc(C)c(C(=O)NC2(c3cc(OC)cc4ccccc34)CC2)c1. The van der Waals surface area contributed by atoms with Crippen molar-refractivity contribution in [1.29, 1.82) is 0 Å². The van der Waals surface area contributed by atoms with E-state index in [4.69, 9.17) is 14.2 Å². The van der Waals surface area contributed by atoms with Crippen LogP contribution in [0.15, 0.2) is 54.6 Å². The second-order valence-corrected chi connectivity index (χ2v) is 9.65. The van der Waals surface area contributed by atoms with E-state index < -0.39 is 5.54 Å². The zero-order chi connectivity index (χ0) is 26.4. The lowest BCUT2D eigenvalue weighted by molar-refractivity contribution is 0.0930. The van der Waals surface area contributed by atoms with Crippen molar-refractivity contribution < 1.29 is 23.8 Å². The monoisotopic (exact) mass is 504 g/mol. The van der Waals surface area contributed by atoms with Gasteiger partial charge in [0.25, 0.3) is 5.91 Å². The first-order valence-electron chi connectivity index (χ1n) is 12.9. The fraction of sp³-hybridized carbons (Fsp3) is 0.400. The fourth-order valence-corrected chi connectivity index (χ4v) is 4.41. The molecule has 7 nitrogen and oxygen atoms in total. The predicted octanol–water partition coefficient (Wildman–Crippen LogP) is 5.82. The second kappa shape index (κ2) is 11.5. The number of carbonyl (C=O) groups excluding carboxylic acids is 2. The van der Waals surface area contributed by atoms with E-state index in [2.05, 4.69) is 17.4 Å². The third kappa shape index (κ3) is 6.16. The highest BCUT2D eigenvalue weighted by atomic mass is 16.6. The van der Waals surface area contributed by atoms with Crippen LogP contribution in [0.1, 0.15) is 54.1 Å². The van der Waals surface area contributed by atoms with Gasteiger partial charge in [0.2, 0.25) is 0 Å². The molecule has 3 aromatic rings. The van der Waals surface area contributed by atoms with Crippen LogP contribution in [0.4, 0.5) is 4.79 Å². The van der Waals surface area contributed by atoms with Gasteiger partial charge >= 0.3 is 6.09 Å². The van der Waals surface area contributed by atoms with Crippen LogP contribution in [-0.2, 0) is 10.3 Å². The van der Waals surface area contributed by atoms with Gasteiger partial charge in [0.15, 0.2) is 0 Å². The minimum absolute atomic E-state index is 0.135. The van der Waals surface area contributed by atoms with Gasteiger partial charge in [-0.15, -0.1) is 0 Å². The Kier molecular flexibility index (Phi) is 8.21. The lowest BCUT2D eigenvalue weighted by atomic mass is 9.95. The molecule has 1 aliphatic rings. The molecule has 37 heavy (non-hydrogen) atoms. The molecular weight excluding hydrogens is 468 g/mol. The Balaban J connectivity index is 1.44. The first-order valence-corrected chi connectivity index (χ1v) is 12.9. The standard InChI is InChI=1S/C30H36N2O5/c1-5-6-16-37-29(34)32(3)15-17-36-23-12-11-21(2)26(19-23)28(33)31-30(13-14-30)27-20-24(35-4)18-22-9-7-8-10-25(22)27/h7-12,18-20H,5-6,13-17H2,1-4H3,(H,31,33). The van der Waals surface area contributed by atoms with Crippen molar-refractivity contribution in [2.24, 2.45) is 0 Å². The average Bonchev–Trinajstić information content (AvgIpc) is 3.69. The number of benzene rings is 3. The maximum Gasteiger partial charge on any atom is 0.409 e. The Hall–Kier alpha value is -3.74. The number of hydrogen-bond donors (Lipinski definition) is 1. The number of unbranched alkanes of at least 4 members (excludes halogenated alkanes) is 1. The molecule has 0 bridgehead atoms. The summed E-state index contributed by atoms with van der Waals surface area (Å²) in [4.78, 5) is 27.0. The molecule has 196 valence electrons. The van der Waals surface area contributed by atoms with Gasteiger partial charge in [0.05, 0.1) is 25.8 Å². The van der Waals surface area contributed by atoms with E-state index in [-0.39, 0.29) is 12.0 Å². The maximum atomic E-state index is 13.5. The highest BCUT2D eigenvalue weighted by molar-refractivity contribution is 5.98. The largest absolute Gasteiger partial charge is 0.497 e. The van der Waals surface area contributed by atoms with Gasteiger partial charge in [0.1, 0.15) is 18.1 Å². The molecule has 0 spiro atoms. The van der Waals surface area contributed by atoms with Crippen molar-refractivity contribution in [1.82, 2.24) is 10.2 Å². The lowest BCUT2D eigenvalue weighted by Crippen LogP contribution is -2.35. The molecular formula is C30H36N2O5. The van der Waals surface area contributed by atoms with Crippen LogP contribution in [0.2, 0.25) is 0 Å². The number of ether oxygens (including phenoxy) is 3. The minimum atomic E-state index is -0.421. The van der Waals surface area contributed by atoms with Gasteiger partial charge in [-0.3, -0.25) is 4.79 Å². The predicted molar refractivity (Wildman–Crippen MR) is 144 cm³/mol.